The van der Waals surface area contributed by atoms with Gasteiger partial charge in [0, 0.05) is 0 Å². The summed E-state index contributed by atoms with van der Waals surface area (Å²) in [6, 6.07) is 0. The van der Waals surface area contributed by atoms with E-state index in [-0.39, 0.29) is 0 Å². The summed E-state index contributed by atoms with van der Waals surface area (Å²) in [7, 11) is 1.68. The van der Waals surface area contributed by atoms with E-state index in [0.29, 0.717) is 0 Å². The molecule has 0 amide bonds. The number of aromatic nitrogens is 1. The van der Waals surface area contributed by atoms with Gasteiger partial charge in [0.05, 0.1) is 18.7 Å². The fraction of sp³-hybridized carbons (Fsp3) is 0.375. The third-order valence-electron chi connectivity index (χ3n) is 1.74. The minimum atomic E-state index is 0.811. The van der Waals surface area contributed by atoms with Crippen LogP contribution in [0.25, 0.3) is 6.08 Å². The summed E-state index contributed by atoms with van der Waals surface area (Å²) >= 11 is 1.66. The van der Waals surface area contributed by atoms with Gasteiger partial charge in [-0.1, -0.05) is 17.4 Å². The molecule has 1 aromatic rings. The zero-order chi connectivity index (χ0) is 8.55. The molecule has 2 rings (SSSR count). The van der Waals surface area contributed by atoms with E-state index in [2.05, 4.69) is 4.98 Å². The van der Waals surface area contributed by atoms with Crippen molar-refractivity contribution in [2.75, 3.05) is 18.7 Å². The van der Waals surface area contributed by atoms with Gasteiger partial charge in [-0.3, -0.25) is 4.84 Å². The van der Waals surface area contributed by atoms with Crippen molar-refractivity contribution >= 4 is 22.4 Å². The first kappa shape index (κ1) is 7.76. The highest BCUT2D eigenvalue weighted by atomic mass is 32.1. The fourth-order valence-corrected chi connectivity index (χ4v) is 2.11. The van der Waals surface area contributed by atoms with Crippen LogP contribution in [0.5, 0.6) is 0 Å². The van der Waals surface area contributed by atoms with Crippen molar-refractivity contribution in [2.24, 2.45) is 0 Å². The number of rotatable bonds is 1. The summed E-state index contributed by atoms with van der Waals surface area (Å²) in [5.41, 5.74) is 1.02. The van der Waals surface area contributed by atoms with Crippen LogP contribution in [0, 0.1) is 6.92 Å². The van der Waals surface area contributed by atoms with Crippen LogP contribution in [-0.2, 0) is 4.84 Å². The smallest absolute Gasteiger partial charge is 0.144 e. The second kappa shape index (κ2) is 2.88. The van der Waals surface area contributed by atoms with Gasteiger partial charge in [-0.2, -0.15) is 0 Å². The Morgan fingerprint density at radius 2 is 2.50 bits per heavy atom. The van der Waals surface area contributed by atoms with Gasteiger partial charge in [-0.05, 0) is 13.0 Å². The van der Waals surface area contributed by atoms with Crippen LogP contribution < -0.4 is 5.06 Å². The van der Waals surface area contributed by atoms with Crippen LogP contribution in [0.3, 0.4) is 0 Å². The van der Waals surface area contributed by atoms with Gasteiger partial charge < -0.3 is 0 Å². The van der Waals surface area contributed by atoms with Crippen LogP contribution in [0.2, 0.25) is 0 Å². The lowest BCUT2D eigenvalue weighted by molar-refractivity contribution is 0.176. The molecule has 4 heteroatoms. The predicted octanol–water partition coefficient (Wildman–Crippen LogP) is 1.85. The van der Waals surface area contributed by atoms with Gasteiger partial charge in [0.1, 0.15) is 10.7 Å². The zero-order valence-electron chi connectivity index (χ0n) is 7.07. The molecule has 0 saturated heterocycles. The lowest BCUT2D eigenvalue weighted by Gasteiger charge is -2.20. The molecule has 0 radical (unpaired) electrons. The van der Waals surface area contributed by atoms with Crippen LogP contribution in [-0.4, -0.2) is 18.6 Å². The number of hydrogen-bond donors (Lipinski definition) is 0. The van der Waals surface area contributed by atoms with Crippen molar-refractivity contribution in [3.05, 3.63) is 16.8 Å². The molecule has 1 aromatic heterocycles. The molecule has 0 fully saturated rings. The monoisotopic (exact) mass is 182 g/mol. The number of anilines is 1. The molecule has 0 bridgehead atoms. The zero-order valence-corrected chi connectivity index (χ0v) is 7.89. The first-order chi connectivity index (χ1) is 5.81. The van der Waals surface area contributed by atoms with Gasteiger partial charge in [0.15, 0.2) is 0 Å². The third-order valence-corrected chi connectivity index (χ3v) is 2.73. The Morgan fingerprint density at radius 3 is 3.25 bits per heavy atom. The molecule has 64 valence electrons. The van der Waals surface area contributed by atoms with E-state index < -0.39 is 0 Å². The van der Waals surface area contributed by atoms with Gasteiger partial charge >= 0.3 is 0 Å². The molecule has 0 N–H and O–H groups in total. The first-order valence-electron chi connectivity index (χ1n) is 3.77. The van der Waals surface area contributed by atoms with Crippen molar-refractivity contribution < 1.29 is 4.84 Å². The quantitative estimate of drug-likeness (QED) is 0.662. The van der Waals surface area contributed by atoms with Gasteiger partial charge in [0.25, 0.3) is 0 Å². The van der Waals surface area contributed by atoms with Crippen LogP contribution in [0.1, 0.15) is 10.7 Å². The van der Waals surface area contributed by atoms with Gasteiger partial charge in [0.2, 0.25) is 0 Å². The Bertz CT molecular complexity index is 319. The predicted molar refractivity (Wildman–Crippen MR) is 50.2 cm³/mol. The highest BCUT2D eigenvalue weighted by Gasteiger charge is 2.16. The normalized spacial score (nSPS) is 15.0. The van der Waals surface area contributed by atoms with E-state index in [4.69, 9.17) is 4.84 Å². The van der Waals surface area contributed by atoms with E-state index in [1.807, 2.05) is 24.1 Å². The number of nitrogens with zero attached hydrogens (tertiary/aromatic N) is 2. The van der Waals surface area contributed by atoms with Crippen molar-refractivity contribution in [1.82, 2.24) is 4.98 Å². The molecule has 2 heterocycles. The number of hydroxylamine groups is 1. The van der Waals surface area contributed by atoms with Crippen molar-refractivity contribution in [3.63, 3.8) is 0 Å². The molecule has 0 unspecified atom stereocenters. The summed E-state index contributed by atoms with van der Waals surface area (Å²) in [5.74, 6) is 0. The molecule has 3 nitrogen and oxygen atoms in total. The van der Waals surface area contributed by atoms with E-state index >= 15 is 0 Å². The topological polar surface area (TPSA) is 25.4 Å². The summed E-state index contributed by atoms with van der Waals surface area (Å²) in [4.78, 5) is 9.54. The molecule has 0 aromatic carbocycles. The van der Waals surface area contributed by atoms with Gasteiger partial charge in [-0.15, -0.1) is 0 Å². The summed E-state index contributed by atoms with van der Waals surface area (Å²) in [6.07, 6.45) is 4.08. The SMILES string of the molecule is CON1CC=Cc2nc(C)sc21. The van der Waals surface area contributed by atoms with Crippen molar-refractivity contribution in [2.45, 2.75) is 6.92 Å². The largest absolute Gasteiger partial charge is 0.276 e. The maximum absolute atomic E-state index is 5.18. The minimum absolute atomic E-state index is 0.811. The molecule has 12 heavy (non-hydrogen) atoms. The lowest BCUT2D eigenvalue weighted by atomic mass is 10.3. The summed E-state index contributed by atoms with van der Waals surface area (Å²) in [6.45, 7) is 2.82. The second-order valence-corrected chi connectivity index (χ2v) is 3.75. The highest BCUT2D eigenvalue weighted by Crippen LogP contribution is 2.31. The average Bonchev–Trinajstić information content (AvgIpc) is 2.44. The summed E-state index contributed by atoms with van der Waals surface area (Å²) in [5, 5.41) is 4.03. The molecule has 1 aliphatic heterocycles. The number of thiazole rings is 1. The van der Waals surface area contributed by atoms with Crippen molar-refractivity contribution in [1.29, 1.82) is 0 Å². The second-order valence-electron chi connectivity index (χ2n) is 2.57. The Hall–Kier alpha value is -0.870. The molecule has 0 saturated carbocycles. The fourth-order valence-electron chi connectivity index (χ4n) is 1.22. The first-order valence-corrected chi connectivity index (χ1v) is 4.58. The van der Waals surface area contributed by atoms with Crippen LogP contribution in [0.15, 0.2) is 6.08 Å². The van der Waals surface area contributed by atoms with Crippen LogP contribution in [0.4, 0.5) is 5.00 Å². The lowest BCUT2D eigenvalue weighted by Crippen LogP contribution is -2.23. The highest BCUT2D eigenvalue weighted by molar-refractivity contribution is 7.15. The third kappa shape index (κ3) is 1.13. The molecular weight excluding hydrogens is 172 g/mol. The van der Waals surface area contributed by atoms with E-state index in [0.717, 1.165) is 22.2 Å². The molecular formula is C8H10N2OS. The number of aryl methyl sites for hydroxylation is 1. The minimum Gasteiger partial charge on any atom is -0.276 e. The molecule has 1 aliphatic rings. The maximum atomic E-state index is 5.18. The van der Waals surface area contributed by atoms with Crippen LogP contribution >= 0.6 is 11.3 Å². The number of hydrogen-bond acceptors (Lipinski definition) is 4. The molecule has 0 atom stereocenters. The van der Waals surface area contributed by atoms with Crippen molar-refractivity contribution in [3.8, 4) is 0 Å². The Balaban J connectivity index is 2.44. The number of fused-ring (bicyclic) bond motifs is 1. The Kier molecular flexibility index (Phi) is 1.86. The average molecular weight is 182 g/mol. The van der Waals surface area contributed by atoms with Gasteiger partial charge in [-0.25, -0.2) is 10.0 Å². The van der Waals surface area contributed by atoms with E-state index in [1.54, 1.807) is 18.4 Å². The Labute approximate surface area is 75.2 Å². The maximum Gasteiger partial charge on any atom is 0.144 e. The molecule has 0 spiro atoms. The Morgan fingerprint density at radius 1 is 1.67 bits per heavy atom. The molecule has 0 aliphatic carbocycles. The van der Waals surface area contributed by atoms with E-state index in [1.165, 1.54) is 0 Å². The summed E-state index contributed by atoms with van der Waals surface area (Å²) < 4.78 is 0. The standard InChI is InChI=1S/C8H10N2OS/c1-6-9-7-4-3-5-10(11-2)8(7)12-6/h3-4H,5H2,1-2H3. The van der Waals surface area contributed by atoms with E-state index in [9.17, 15) is 0 Å².